The Hall–Kier alpha value is -1.96. The average molecular weight is 457 g/mol. The molecule has 4 rings (SSSR count). The van der Waals surface area contributed by atoms with Gasteiger partial charge in [0.1, 0.15) is 12.4 Å². The van der Waals surface area contributed by atoms with Gasteiger partial charge in [0.05, 0.1) is 11.4 Å². The number of carbonyl (C=O) groups excluding carboxylic acids is 1. The van der Waals surface area contributed by atoms with Crippen LogP contribution < -0.4 is 10.2 Å². The maximum Gasteiger partial charge on any atom is 0.164 e. The highest BCUT2D eigenvalue weighted by atomic mass is 16.5. The lowest BCUT2D eigenvalue weighted by Crippen LogP contribution is -2.40. The molecule has 0 aliphatic carbocycles. The largest absolute Gasteiger partial charge is 0.384 e. The number of Topliss-reactive ketones (excluding diaryl/α,β-unsaturated/α-hetero) is 1. The van der Waals surface area contributed by atoms with Gasteiger partial charge < -0.3 is 19.7 Å². The molecule has 1 aromatic rings. The zero-order chi connectivity index (χ0) is 23.3. The van der Waals surface area contributed by atoms with E-state index >= 15 is 0 Å². The van der Waals surface area contributed by atoms with Crippen LogP contribution in [-0.2, 0) is 14.3 Å². The lowest BCUT2D eigenvalue weighted by molar-refractivity contribution is -0.138. The van der Waals surface area contributed by atoms with Crippen LogP contribution in [0, 0.1) is 12.3 Å². The van der Waals surface area contributed by atoms with Gasteiger partial charge in [-0.2, -0.15) is 0 Å². The van der Waals surface area contributed by atoms with Gasteiger partial charge in [-0.3, -0.25) is 9.69 Å². The molecule has 3 fully saturated rings. The topological polar surface area (TPSA) is 66.9 Å². The van der Waals surface area contributed by atoms with E-state index in [0.29, 0.717) is 25.3 Å². The molecule has 3 aliphatic heterocycles. The van der Waals surface area contributed by atoms with Crippen molar-refractivity contribution in [3.8, 4) is 0 Å². The third-order valence-corrected chi connectivity index (χ3v) is 7.88. The smallest absolute Gasteiger partial charge is 0.164 e. The van der Waals surface area contributed by atoms with Crippen LogP contribution in [0.3, 0.4) is 0 Å². The highest BCUT2D eigenvalue weighted by molar-refractivity contribution is 5.86. The second-order valence-electron chi connectivity index (χ2n) is 9.80. The van der Waals surface area contributed by atoms with Gasteiger partial charge in [0, 0.05) is 57.5 Å². The average Bonchev–Trinajstić information content (AvgIpc) is 3.50. The maximum atomic E-state index is 12.7. The van der Waals surface area contributed by atoms with E-state index in [0.717, 1.165) is 56.1 Å². The fraction of sp³-hybridized carbons (Fsp3) is 0.692. The molecule has 3 saturated heterocycles. The molecule has 0 spiro atoms. The minimum atomic E-state index is -0.341. The Bertz CT molecular complexity index is 824. The summed E-state index contributed by atoms with van der Waals surface area (Å²) in [5.74, 6) is 1.26. The van der Waals surface area contributed by atoms with E-state index in [1.807, 2.05) is 0 Å². The van der Waals surface area contributed by atoms with Crippen LogP contribution in [-0.4, -0.2) is 80.9 Å². The third kappa shape index (κ3) is 5.42. The molecular weight excluding hydrogens is 416 g/mol. The summed E-state index contributed by atoms with van der Waals surface area (Å²) in [6.45, 7) is 11.6. The van der Waals surface area contributed by atoms with E-state index in [1.54, 1.807) is 7.11 Å². The minimum Gasteiger partial charge on any atom is -0.384 e. The predicted molar refractivity (Wildman–Crippen MR) is 132 cm³/mol. The van der Waals surface area contributed by atoms with Gasteiger partial charge in [-0.25, -0.2) is 4.98 Å². The number of rotatable bonds is 10. The van der Waals surface area contributed by atoms with Crippen LogP contribution in [0.25, 0.3) is 0 Å². The van der Waals surface area contributed by atoms with E-state index in [2.05, 4.69) is 46.8 Å². The van der Waals surface area contributed by atoms with Crippen LogP contribution in [0.5, 0.6) is 0 Å². The van der Waals surface area contributed by atoms with Crippen molar-refractivity contribution in [2.45, 2.75) is 57.5 Å². The summed E-state index contributed by atoms with van der Waals surface area (Å²) in [5, 5.41) is 3.53. The number of ketones is 1. The normalized spacial score (nSPS) is 25.3. The van der Waals surface area contributed by atoms with E-state index in [9.17, 15) is 4.79 Å². The van der Waals surface area contributed by atoms with Crippen molar-refractivity contribution in [2.24, 2.45) is 5.41 Å². The summed E-state index contributed by atoms with van der Waals surface area (Å²) in [4.78, 5) is 22.7. The molecule has 0 bridgehead atoms. The number of carbonyl (C=O) groups is 1. The number of hydrogen-bond donors (Lipinski definition) is 1. The number of methoxy groups -OCH3 is 1. The lowest BCUT2D eigenvalue weighted by atomic mass is 9.74. The molecule has 7 heteroatoms. The molecule has 0 aromatic carbocycles. The van der Waals surface area contributed by atoms with Gasteiger partial charge in [0.15, 0.2) is 5.78 Å². The van der Waals surface area contributed by atoms with E-state index in [1.165, 1.54) is 25.8 Å². The summed E-state index contributed by atoms with van der Waals surface area (Å²) in [5.41, 5.74) is 1.71. The van der Waals surface area contributed by atoms with Crippen LogP contribution in [0.1, 0.15) is 44.2 Å². The van der Waals surface area contributed by atoms with Gasteiger partial charge in [0.2, 0.25) is 0 Å². The Morgan fingerprint density at radius 1 is 1.33 bits per heavy atom. The highest BCUT2D eigenvalue weighted by Crippen LogP contribution is 2.36. The Labute approximate surface area is 198 Å². The van der Waals surface area contributed by atoms with E-state index in [-0.39, 0.29) is 17.8 Å². The monoisotopic (exact) mass is 456 g/mol. The zero-order valence-electron chi connectivity index (χ0n) is 20.4. The molecule has 2 atom stereocenters. The summed E-state index contributed by atoms with van der Waals surface area (Å²) < 4.78 is 10.7. The fourth-order valence-electron chi connectivity index (χ4n) is 5.80. The van der Waals surface area contributed by atoms with Crippen LogP contribution in [0.15, 0.2) is 24.8 Å². The van der Waals surface area contributed by atoms with Crippen molar-refractivity contribution in [3.05, 3.63) is 30.5 Å². The Morgan fingerprint density at radius 2 is 2.15 bits per heavy atom. The number of aromatic nitrogens is 1. The van der Waals surface area contributed by atoms with Crippen LogP contribution in [0.2, 0.25) is 0 Å². The highest BCUT2D eigenvalue weighted by Gasteiger charge is 2.39. The number of likely N-dealkylation sites (tertiary alicyclic amines) is 1. The van der Waals surface area contributed by atoms with Crippen LogP contribution in [0.4, 0.5) is 11.5 Å². The fourth-order valence-corrected chi connectivity index (χ4v) is 5.80. The molecule has 0 amide bonds. The standard InChI is InChI=1S/C26H40N4O3/c1-4-21-6-5-14-30(21)22-9-15-29(18-22)25-8-7-23(20(2)28-25)27-13-10-26(24(31)19-32-3)11-16-33-17-12-26/h4,7-8,21-22,27H,1,5-6,9-19H2,2-3H3. The molecule has 2 unspecified atom stereocenters. The molecule has 1 N–H and O–H groups in total. The van der Waals surface area contributed by atoms with Gasteiger partial charge in [-0.05, 0) is 64.1 Å². The Balaban J connectivity index is 1.33. The SMILES string of the molecule is C=CC1CCCN1C1CCN(c2ccc(NCCC3(C(=O)COC)CCOCC3)c(C)n2)C1. The molecule has 1 aromatic heterocycles. The van der Waals surface area contributed by atoms with Gasteiger partial charge in [-0.15, -0.1) is 6.58 Å². The molecule has 0 radical (unpaired) electrons. The summed E-state index contributed by atoms with van der Waals surface area (Å²) in [7, 11) is 1.59. The summed E-state index contributed by atoms with van der Waals surface area (Å²) in [6, 6.07) is 5.40. The lowest BCUT2D eigenvalue weighted by Gasteiger charge is -2.35. The van der Waals surface area contributed by atoms with Crippen molar-refractivity contribution < 1.29 is 14.3 Å². The van der Waals surface area contributed by atoms with Crippen molar-refractivity contribution in [3.63, 3.8) is 0 Å². The molecule has 0 saturated carbocycles. The predicted octanol–water partition coefficient (Wildman–Crippen LogP) is 3.43. The summed E-state index contributed by atoms with van der Waals surface area (Å²) >= 11 is 0. The van der Waals surface area contributed by atoms with Gasteiger partial charge in [0.25, 0.3) is 0 Å². The molecule has 7 nitrogen and oxygen atoms in total. The molecule has 182 valence electrons. The number of aryl methyl sites for hydroxylation is 1. The van der Waals surface area contributed by atoms with Crippen molar-refractivity contribution in [1.82, 2.24) is 9.88 Å². The molecule has 4 heterocycles. The van der Waals surface area contributed by atoms with Gasteiger partial charge >= 0.3 is 0 Å². The van der Waals surface area contributed by atoms with Crippen molar-refractivity contribution in [1.29, 1.82) is 0 Å². The second-order valence-corrected chi connectivity index (χ2v) is 9.80. The Kier molecular flexibility index (Phi) is 8.04. The number of pyridine rings is 1. The van der Waals surface area contributed by atoms with Gasteiger partial charge in [-0.1, -0.05) is 6.08 Å². The molecule has 3 aliphatic rings. The quantitative estimate of drug-likeness (QED) is 0.541. The first-order valence-electron chi connectivity index (χ1n) is 12.5. The second kappa shape index (κ2) is 11.0. The first kappa shape index (κ1) is 24.2. The summed E-state index contributed by atoms with van der Waals surface area (Å²) in [6.07, 6.45) is 8.14. The number of ether oxygens (including phenoxy) is 2. The number of anilines is 2. The van der Waals surface area contributed by atoms with Crippen molar-refractivity contribution in [2.75, 3.05) is 63.3 Å². The van der Waals surface area contributed by atoms with E-state index in [4.69, 9.17) is 14.5 Å². The first-order valence-corrected chi connectivity index (χ1v) is 12.5. The number of hydrogen-bond acceptors (Lipinski definition) is 7. The van der Waals surface area contributed by atoms with E-state index < -0.39 is 0 Å². The van der Waals surface area contributed by atoms with Crippen LogP contribution >= 0.6 is 0 Å². The number of nitrogens with zero attached hydrogens (tertiary/aromatic N) is 3. The molecule has 33 heavy (non-hydrogen) atoms. The first-order chi connectivity index (χ1) is 16.1. The van der Waals surface area contributed by atoms with Crippen molar-refractivity contribution >= 4 is 17.3 Å². The maximum absolute atomic E-state index is 12.7. The Morgan fingerprint density at radius 3 is 2.88 bits per heavy atom. The minimum absolute atomic E-state index is 0.178. The third-order valence-electron chi connectivity index (χ3n) is 7.88. The zero-order valence-corrected chi connectivity index (χ0v) is 20.4. The number of nitrogens with one attached hydrogen (secondary N) is 1. The molecular formula is C26H40N4O3.